The van der Waals surface area contributed by atoms with Gasteiger partial charge in [-0.25, -0.2) is 13.1 Å². The Bertz CT molecular complexity index is 519. The number of amides is 1. The number of ether oxygens (including phenoxy) is 1. The van der Waals surface area contributed by atoms with Crippen LogP contribution in [0.2, 0.25) is 0 Å². The number of rotatable bonds is 8. The summed E-state index contributed by atoms with van der Waals surface area (Å²) in [6.07, 6.45) is 6.87. The highest BCUT2D eigenvalue weighted by molar-refractivity contribution is 7.89. The van der Waals surface area contributed by atoms with Crippen molar-refractivity contribution in [2.75, 3.05) is 18.9 Å². The third-order valence-corrected chi connectivity index (χ3v) is 6.67. The second-order valence-electron chi connectivity index (χ2n) is 7.09. The number of carbonyl (C=O) groups is 1. The Morgan fingerprint density at radius 1 is 1.16 bits per heavy atom. The van der Waals surface area contributed by atoms with Crippen molar-refractivity contribution in [1.82, 2.24) is 10.0 Å². The SMILES string of the molecule is CCS(=O)(=O)NCC[C@H]1CC[C@@H](NC(=O)C2CCCCC2)[C@H](CO)O1. The molecular weight excluding hydrogens is 344 g/mol. The molecule has 3 N–H and O–H groups in total. The van der Waals surface area contributed by atoms with E-state index < -0.39 is 16.1 Å². The fourth-order valence-electron chi connectivity index (χ4n) is 3.65. The van der Waals surface area contributed by atoms with Gasteiger partial charge in [-0.05, 0) is 39.0 Å². The molecule has 0 aromatic carbocycles. The second-order valence-corrected chi connectivity index (χ2v) is 9.19. The van der Waals surface area contributed by atoms with Gasteiger partial charge in [0.05, 0.1) is 24.5 Å². The first-order chi connectivity index (χ1) is 11.9. The quantitative estimate of drug-likeness (QED) is 0.584. The summed E-state index contributed by atoms with van der Waals surface area (Å²) < 4.78 is 31.3. The van der Waals surface area contributed by atoms with E-state index in [0.29, 0.717) is 13.0 Å². The summed E-state index contributed by atoms with van der Waals surface area (Å²) in [6, 6.07) is -0.164. The van der Waals surface area contributed by atoms with E-state index in [0.717, 1.165) is 38.5 Å². The first-order valence-corrected chi connectivity index (χ1v) is 11.1. The minimum Gasteiger partial charge on any atom is -0.394 e. The highest BCUT2D eigenvalue weighted by Gasteiger charge is 2.33. The predicted octanol–water partition coefficient (Wildman–Crippen LogP) is 0.921. The molecule has 1 heterocycles. The molecule has 2 aliphatic rings. The molecule has 0 radical (unpaired) electrons. The van der Waals surface area contributed by atoms with Crippen molar-refractivity contribution in [2.45, 2.75) is 76.5 Å². The maximum absolute atomic E-state index is 12.4. The Morgan fingerprint density at radius 3 is 2.52 bits per heavy atom. The monoisotopic (exact) mass is 376 g/mol. The zero-order valence-electron chi connectivity index (χ0n) is 15.1. The number of nitrogens with one attached hydrogen (secondary N) is 2. The zero-order valence-corrected chi connectivity index (χ0v) is 15.9. The Hall–Kier alpha value is -0.700. The van der Waals surface area contributed by atoms with Crippen LogP contribution in [0.4, 0.5) is 0 Å². The molecule has 0 spiro atoms. The van der Waals surface area contributed by atoms with E-state index in [2.05, 4.69) is 10.0 Å². The second kappa shape index (κ2) is 9.85. The average Bonchev–Trinajstić information content (AvgIpc) is 2.63. The van der Waals surface area contributed by atoms with Crippen LogP contribution < -0.4 is 10.0 Å². The molecule has 1 saturated carbocycles. The molecule has 1 amide bonds. The van der Waals surface area contributed by atoms with Crippen LogP contribution in [0, 0.1) is 5.92 Å². The Morgan fingerprint density at radius 2 is 1.88 bits per heavy atom. The molecule has 7 nitrogen and oxygen atoms in total. The summed E-state index contributed by atoms with van der Waals surface area (Å²) in [5, 5.41) is 12.7. The van der Waals surface area contributed by atoms with Crippen molar-refractivity contribution in [1.29, 1.82) is 0 Å². The van der Waals surface area contributed by atoms with Crippen molar-refractivity contribution in [2.24, 2.45) is 5.92 Å². The van der Waals surface area contributed by atoms with Gasteiger partial charge in [0.1, 0.15) is 6.10 Å². The summed E-state index contributed by atoms with van der Waals surface area (Å²) >= 11 is 0. The predicted molar refractivity (Wildman–Crippen MR) is 95.6 cm³/mol. The van der Waals surface area contributed by atoms with Gasteiger partial charge in [0, 0.05) is 12.5 Å². The minimum absolute atomic E-state index is 0.0626. The van der Waals surface area contributed by atoms with Crippen LogP contribution in [-0.4, -0.2) is 56.6 Å². The average molecular weight is 377 g/mol. The molecule has 1 aliphatic heterocycles. The van der Waals surface area contributed by atoms with Crippen LogP contribution in [0.1, 0.15) is 58.3 Å². The highest BCUT2D eigenvalue weighted by atomic mass is 32.2. The number of hydrogen-bond acceptors (Lipinski definition) is 5. The van der Waals surface area contributed by atoms with Crippen molar-refractivity contribution >= 4 is 15.9 Å². The van der Waals surface area contributed by atoms with E-state index in [1.54, 1.807) is 6.92 Å². The summed E-state index contributed by atoms with van der Waals surface area (Å²) in [5.41, 5.74) is 0. The summed E-state index contributed by atoms with van der Waals surface area (Å²) in [4.78, 5) is 12.4. The van der Waals surface area contributed by atoms with Gasteiger partial charge in [-0.2, -0.15) is 0 Å². The molecule has 0 bridgehead atoms. The van der Waals surface area contributed by atoms with E-state index in [1.807, 2.05) is 0 Å². The van der Waals surface area contributed by atoms with Gasteiger partial charge >= 0.3 is 0 Å². The smallest absolute Gasteiger partial charge is 0.223 e. The van der Waals surface area contributed by atoms with Gasteiger partial charge in [0.2, 0.25) is 15.9 Å². The van der Waals surface area contributed by atoms with Crippen molar-refractivity contribution < 1.29 is 23.1 Å². The minimum atomic E-state index is -3.19. The first-order valence-electron chi connectivity index (χ1n) is 9.49. The lowest BCUT2D eigenvalue weighted by Crippen LogP contribution is -2.52. The number of carbonyl (C=O) groups excluding carboxylic acids is 1. The van der Waals surface area contributed by atoms with Crippen LogP contribution in [0.3, 0.4) is 0 Å². The van der Waals surface area contributed by atoms with Crippen LogP contribution in [0.25, 0.3) is 0 Å². The zero-order chi connectivity index (χ0) is 18.3. The van der Waals surface area contributed by atoms with Gasteiger partial charge in [-0.3, -0.25) is 4.79 Å². The van der Waals surface area contributed by atoms with Gasteiger partial charge in [0.15, 0.2) is 0 Å². The Labute approximate surface area is 150 Å². The van der Waals surface area contributed by atoms with Crippen molar-refractivity contribution in [3.8, 4) is 0 Å². The number of sulfonamides is 1. The molecule has 1 aliphatic carbocycles. The summed E-state index contributed by atoms with van der Waals surface area (Å²) in [6.45, 7) is 1.78. The lowest BCUT2D eigenvalue weighted by molar-refractivity contribution is -0.132. The maximum atomic E-state index is 12.4. The third kappa shape index (κ3) is 6.51. The molecule has 8 heteroatoms. The Balaban J connectivity index is 1.77. The fourth-order valence-corrected chi connectivity index (χ4v) is 4.28. The molecule has 25 heavy (non-hydrogen) atoms. The molecular formula is C17H32N2O5S. The number of aliphatic hydroxyl groups is 1. The number of hydrogen-bond donors (Lipinski definition) is 3. The highest BCUT2D eigenvalue weighted by Crippen LogP contribution is 2.26. The van der Waals surface area contributed by atoms with Gasteiger partial charge in [-0.1, -0.05) is 19.3 Å². The summed E-state index contributed by atoms with van der Waals surface area (Å²) in [7, 11) is -3.19. The molecule has 146 valence electrons. The van der Waals surface area contributed by atoms with E-state index in [4.69, 9.17) is 4.74 Å². The molecule has 0 aromatic rings. The molecule has 0 aromatic heterocycles. The van der Waals surface area contributed by atoms with E-state index in [-0.39, 0.29) is 36.3 Å². The van der Waals surface area contributed by atoms with Gasteiger partial charge in [0.25, 0.3) is 0 Å². The first kappa shape index (κ1) is 20.6. The maximum Gasteiger partial charge on any atom is 0.223 e. The molecule has 2 rings (SSSR count). The standard InChI is InChI=1S/C17H32N2O5S/c1-2-25(22,23)18-11-10-14-8-9-15(16(12-20)24-14)19-17(21)13-6-4-3-5-7-13/h13-16,18,20H,2-12H2,1H3,(H,19,21)/t14-,15-,16+/m1/s1. The lowest BCUT2D eigenvalue weighted by atomic mass is 9.88. The van der Waals surface area contributed by atoms with Crippen LogP contribution >= 0.6 is 0 Å². The van der Waals surface area contributed by atoms with E-state index >= 15 is 0 Å². The molecule has 2 fully saturated rings. The third-order valence-electron chi connectivity index (χ3n) is 5.27. The largest absolute Gasteiger partial charge is 0.394 e. The molecule has 3 atom stereocenters. The van der Waals surface area contributed by atoms with Gasteiger partial charge in [-0.15, -0.1) is 0 Å². The van der Waals surface area contributed by atoms with Crippen LogP contribution in [0.5, 0.6) is 0 Å². The summed E-state index contributed by atoms with van der Waals surface area (Å²) in [5.74, 6) is 0.239. The normalized spacial score (nSPS) is 28.6. The Kier molecular flexibility index (Phi) is 8.12. The number of aliphatic hydroxyl groups excluding tert-OH is 1. The van der Waals surface area contributed by atoms with Gasteiger partial charge < -0.3 is 15.2 Å². The molecule has 1 saturated heterocycles. The van der Waals surface area contributed by atoms with Crippen LogP contribution in [-0.2, 0) is 19.6 Å². The lowest BCUT2D eigenvalue weighted by Gasteiger charge is -2.37. The topological polar surface area (TPSA) is 105 Å². The van der Waals surface area contributed by atoms with Crippen molar-refractivity contribution in [3.05, 3.63) is 0 Å². The molecule has 0 unspecified atom stereocenters. The van der Waals surface area contributed by atoms with E-state index in [9.17, 15) is 18.3 Å². The van der Waals surface area contributed by atoms with Crippen LogP contribution in [0.15, 0.2) is 0 Å². The fraction of sp³-hybridized carbons (Fsp3) is 0.941. The van der Waals surface area contributed by atoms with E-state index in [1.165, 1.54) is 6.42 Å². The van der Waals surface area contributed by atoms with Crippen molar-refractivity contribution in [3.63, 3.8) is 0 Å².